The van der Waals surface area contributed by atoms with Crippen molar-refractivity contribution in [1.29, 1.82) is 0 Å². The number of hydrogen-bond acceptors (Lipinski definition) is 4. The monoisotopic (exact) mass is 357 g/mol. The molecule has 0 amide bonds. The highest BCUT2D eigenvalue weighted by molar-refractivity contribution is 7.98. The number of benzene rings is 1. The summed E-state index contributed by atoms with van der Waals surface area (Å²) in [7, 11) is 0. The lowest BCUT2D eigenvalue weighted by molar-refractivity contribution is 0.156. The van der Waals surface area contributed by atoms with E-state index in [0.29, 0.717) is 12.4 Å². The molecule has 0 aliphatic rings. The third kappa shape index (κ3) is 6.72. The van der Waals surface area contributed by atoms with Crippen molar-refractivity contribution in [3.05, 3.63) is 60.2 Å². The molecule has 134 valence electrons. The predicted molar refractivity (Wildman–Crippen MR) is 112 cm³/mol. The van der Waals surface area contributed by atoms with Crippen LogP contribution in [-0.4, -0.2) is 32.1 Å². The summed E-state index contributed by atoms with van der Waals surface area (Å²) in [5.41, 5.74) is 1.83. The predicted octanol–water partition coefficient (Wildman–Crippen LogP) is 5.30. The maximum atomic E-state index is 5.41. The van der Waals surface area contributed by atoms with Gasteiger partial charge in [0, 0.05) is 23.8 Å². The lowest BCUT2D eigenvalue weighted by Crippen LogP contribution is -2.27. The molecule has 0 unspecified atom stereocenters. The van der Waals surface area contributed by atoms with Gasteiger partial charge in [0.25, 0.3) is 0 Å². The first kappa shape index (κ1) is 20.9. The highest BCUT2D eigenvalue weighted by Gasteiger charge is 2.15. The molecule has 1 rings (SSSR count). The summed E-state index contributed by atoms with van der Waals surface area (Å²) >= 11 is 1.70. The van der Waals surface area contributed by atoms with Crippen molar-refractivity contribution in [2.24, 2.45) is 10.1 Å². The number of hydrazone groups is 1. The van der Waals surface area contributed by atoms with E-state index in [-0.39, 0.29) is 6.73 Å². The van der Waals surface area contributed by atoms with Gasteiger partial charge in [-0.25, -0.2) is 10.0 Å². The van der Waals surface area contributed by atoms with E-state index in [1.807, 2.05) is 63.3 Å². The van der Waals surface area contributed by atoms with Crippen LogP contribution in [-0.2, 0) is 4.74 Å². The molecule has 5 heteroatoms. The number of anilines is 1. The molecule has 0 aliphatic heterocycles. The summed E-state index contributed by atoms with van der Waals surface area (Å²) in [5, 5.41) is 5.93. The molecule has 0 spiro atoms. The van der Waals surface area contributed by atoms with Crippen LogP contribution in [0, 0.1) is 0 Å². The number of ether oxygens (including phenoxy) is 1. The quantitative estimate of drug-likeness (QED) is 0.150. The van der Waals surface area contributed by atoms with Crippen molar-refractivity contribution in [2.75, 3.05) is 24.6 Å². The second-order valence-electron chi connectivity index (χ2n) is 4.90. The molecule has 0 atom stereocenters. The van der Waals surface area contributed by atoms with Crippen molar-refractivity contribution in [1.82, 2.24) is 0 Å². The van der Waals surface area contributed by atoms with Crippen LogP contribution in [0.5, 0.6) is 0 Å². The van der Waals surface area contributed by atoms with Crippen LogP contribution < -0.4 is 5.01 Å². The number of amidine groups is 1. The summed E-state index contributed by atoms with van der Waals surface area (Å²) in [6.07, 6.45) is 12.0. The maximum absolute atomic E-state index is 5.41. The highest BCUT2D eigenvalue weighted by Crippen LogP contribution is 2.23. The molecule has 1 aromatic carbocycles. The molecule has 25 heavy (non-hydrogen) atoms. The molecule has 0 fully saturated rings. The van der Waals surface area contributed by atoms with Gasteiger partial charge in [-0.1, -0.05) is 30.4 Å². The maximum Gasteiger partial charge on any atom is 0.158 e. The Morgan fingerprint density at radius 3 is 2.48 bits per heavy atom. The zero-order valence-corrected chi connectivity index (χ0v) is 16.3. The lowest BCUT2D eigenvalue weighted by Gasteiger charge is -2.22. The Balaban J connectivity index is 3.34. The minimum atomic E-state index is 0.269. The van der Waals surface area contributed by atoms with E-state index in [0.717, 1.165) is 11.3 Å². The van der Waals surface area contributed by atoms with Gasteiger partial charge >= 0.3 is 0 Å². The molecule has 0 aliphatic carbocycles. The lowest BCUT2D eigenvalue weighted by atomic mass is 10.1. The Morgan fingerprint density at radius 1 is 1.24 bits per heavy atom. The summed E-state index contributed by atoms with van der Waals surface area (Å²) < 4.78 is 5.41. The molecule has 4 nitrogen and oxygen atoms in total. The Hall–Kier alpha value is -2.11. The summed E-state index contributed by atoms with van der Waals surface area (Å²) in [5.74, 6) is 0.691. The highest BCUT2D eigenvalue weighted by atomic mass is 32.2. The Bertz CT molecular complexity index is 645. The van der Waals surface area contributed by atoms with Crippen molar-refractivity contribution < 1.29 is 4.74 Å². The van der Waals surface area contributed by atoms with Crippen LogP contribution in [0.15, 0.2) is 75.2 Å². The zero-order chi connectivity index (χ0) is 18.5. The van der Waals surface area contributed by atoms with E-state index >= 15 is 0 Å². The van der Waals surface area contributed by atoms with Gasteiger partial charge in [0.1, 0.15) is 6.73 Å². The zero-order valence-electron chi connectivity index (χ0n) is 15.5. The largest absolute Gasteiger partial charge is 0.360 e. The topological polar surface area (TPSA) is 37.2 Å². The Kier molecular flexibility index (Phi) is 10.3. The van der Waals surface area contributed by atoms with Crippen molar-refractivity contribution >= 4 is 30.0 Å². The summed E-state index contributed by atoms with van der Waals surface area (Å²) in [6, 6.07) is 8.14. The van der Waals surface area contributed by atoms with Gasteiger partial charge in [-0.2, -0.15) is 5.10 Å². The second-order valence-corrected chi connectivity index (χ2v) is 5.78. The fraction of sp³-hybridized carbons (Fsp3) is 0.300. The van der Waals surface area contributed by atoms with Crippen molar-refractivity contribution in [3.8, 4) is 0 Å². The number of aliphatic imine (C=N–C) groups is 1. The van der Waals surface area contributed by atoms with Crippen LogP contribution >= 0.6 is 11.8 Å². The third-order valence-electron chi connectivity index (χ3n) is 3.24. The van der Waals surface area contributed by atoms with E-state index in [1.54, 1.807) is 16.8 Å². The van der Waals surface area contributed by atoms with Crippen LogP contribution in [0.3, 0.4) is 0 Å². The van der Waals surface area contributed by atoms with Gasteiger partial charge in [0.05, 0.1) is 5.69 Å². The van der Waals surface area contributed by atoms with Crippen LogP contribution in [0.25, 0.3) is 0 Å². The third-order valence-corrected chi connectivity index (χ3v) is 3.98. The van der Waals surface area contributed by atoms with E-state index in [1.165, 1.54) is 4.90 Å². The molecule has 0 bridgehead atoms. The normalized spacial score (nSPS) is 13.0. The second kappa shape index (κ2) is 12.3. The van der Waals surface area contributed by atoms with Crippen LogP contribution in [0.4, 0.5) is 5.69 Å². The van der Waals surface area contributed by atoms with E-state index < -0.39 is 0 Å². The number of thioether (sulfide) groups is 1. The fourth-order valence-electron chi connectivity index (χ4n) is 2.06. The molecule has 0 saturated heterocycles. The molecule has 0 N–H and O–H groups in total. The summed E-state index contributed by atoms with van der Waals surface area (Å²) in [6.45, 7) is 10.5. The molecular formula is C20H27N3OS. The van der Waals surface area contributed by atoms with Gasteiger partial charge in [-0.3, -0.25) is 0 Å². The van der Waals surface area contributed by atoms with Crippen LogP contribution in [0.2, 0.25) is 0 Å². The van der Waals surface area contributed by atoms with Gasteiger partial charge in [-0.05, 0) is 51.3 Å². The Morgan fingerprint density at radius 2 is 1.96 bits per heavy atom. The van der Waals surface area contributed by atoms with E-state index in [2.05, 4.69) is 35.2 Å². The number of allylic oxidation sites excluding steroid dienone is 4. The molecule has 0 radical (unpaired) electrons. The van der Waals surface area contributed by atoms with Gasteiger partial charge in [-0.15, -0.1) is 11.8 Å². The molecule has 0 saturated carbocycles. The van der Waals surface area contributed by atoms with E-state index in [4.69, 9.17) is 4.74 Å². The van der Waals surface area contributed by atoms with Gasteiger partial charge in [0.15, 0.2) is 5.84 Å². The fourth-order valence-corrected chi connectivity index (χ4v) is 2.47. The molecule has 0 heterocycles. The molecule has 1 aromatic rings. The smallest absolute Gasteiger partial charge is 0.158 e. The number of nitrogens with zero attached hydrogens (tertiary/aromatic N) is 3. The van der Waals surface area contributed by atoms with E-state index in [9.17, 15) is 0 Å². The first-order chi connectivity index (χ1) is 12.2. The first-order valence-corrected chi connectivity index (χ1v) is 9.43. The number of rotatable bonds is 9. The summed E-state index contributed by atoms with van der Waals surface area (Å²) in [4.78, 5) is 5.80. The SMILES string of the molecule is C=NN(C(=N\COCC)/C(/C=C\C)=C/C=C\C)c1ccc(SC)cc1. The van der Waals surface area contributed by atoms with Gasteiger partial charge in [0.2, 0.25) is 0 Å². The minimum Gasteiger partial charge on any atom is -0.360 e. The average Bonchev–Trinajstić information content (AvgIpc) is 2.65. The van der Waals surface area contributed by atoms with Crippen molar-refractivity contribution in [2.45, 2.75) is 25.7 Å². The molecule has 0 aromatic heterocycles. The Labute approximate surface area is 155 Å². The average molecular weight is 358 g/mol. The minimum absolute atomic E-state index is 0.269. The first-order valence-electron chi connectivity index (χ1n) is 8.20. The molecular weight excluding hydrogens is 330 g/mol. The number of hydrogen-bond donors (Lipinski definition) is 0. The standard InChI is InChI=1S/C20H27N3OS/c1-6-9-11-17(10-7-2)20(22-16-24-8-3)23(21-4)18-12-14-19(25-5)15-13-18/h6-7,9-15H,4,8,16H2,1-3,5H3/b9-6-,10-7-,17-11+,22-20-. The van der Waals surface area contributed by atoms with Gasteiger partial charge < -0.3 is 4.74 Å². The van der Waals surface area contributed by atoms with Crippen molar-refractivity contribution in [3.63, 3.8) is 0 Å². The van der Waals surface area contributed by atoms with Crippen LogP contribution in [0.1, 0.15) is 20.8 Å².